The Morgan fingerprint density at radius 2 is 2.13 bits per heavy atom. The van der Waals surface area contributed by atoms with Crippen LogP contribution in [0.15, 0.2) is 4.52 Å². The fraction of sp³-hybridized carbons (Fsp3) is 0.800. The Kier molecular flexibility index (Phi) is 4.71. The van der Waals surface area contributed by atoms with Crippen molar-refractivity contribution in [2.24, 2.45) is 0 Å². The summed E-state index contributed by atoms with van der Waals surface area (Å²) in [6.45, 7) is 6.74. The average molecular weight is 213 g/mol. The van der Waals surface area contributed by atoms with E-state index in [0.29, 0.717) is 30.7 Å². The Bertz CT molecular complexity index is 286. The lowest BCUT2D eigenvalue weighted by atomic mass is 10.3. The third-order valence-corrected chi connectivity index (χ3v) is 2.04. The van der Waals surface area contributed by atoms with E-state index in [-0.39, 0.29) is 6.10 Å². The standard InChI is InChI=1S/C10H19N3O2/c1-7(2)11-6-10-12-9(13-15-10)5-8(3)14-4/h7-8,11H,5-6H2,1-4H3. The molecule has 0 radical (unpaired) electrons. The van der Waals surface area contributed by atoms with Gasteiger partial charge in [-0.2, -0.15) is 4.98 Å². The third kappa shape index (κ3) is 4.40. The summed E-state index contributed by atoms with van der Waals surface area (Å²) < 4.78 is 10.2. The van der Waals surface area contributed by atoms with Crippen LogP contribution in [-0.2, 0) is 17.7 Å². The molecule has 1 aromatic heterocycles. The molecule has 0 aliphatic carbocycles. The fourth-order valence-electron chi connectivity index (χ4n) is 1.08. The quantitative estimate of drug-likeness (QED) is 0.768. The van der Waals surface area contributed by atoms with E-state index in [1.54, 1.807) is 7.11 Å². The van der Waals surface area contributed by atoms with Crippen LogP contribution in [0, 0.1) is 0 Å². The van der Waals surface area contributed by atoms with Crippen LogP contribution in [0.4, 0.5) is 0 Å². The van der Waals surface area contributed by atoms with Gasteiger partial charge < -0.3 is 14.6 Å². The largest absolute Gasteiger partial charge is 0.381 e. The molecule has 1 N–H and O–H groups in total. The van der Waals surface area contributed by atoms with Crippen molar-refractivity contribution in [2.75, 3.05) is 7.11 Å². The van der Waals surface area contributed by atoms with Crippen LogP contribution < -0.4 is 5.32 Å². The van der Waals surface area contributed by atoms with Gasteiger partial charge in [0, 0.05) is 19.6 Å². The molecule has 1 unspecified atom stereocenters. The number of methoxy groups -OCH3 is 1. The zero-order valence-corrected chi connectivity index (χ0v) is 9.78. The lowest BCUT2D eigenvalue weighted by molar-refractivity contribution is 0.116. The Hall–Kier alpha value is -0.940. The van der Waals surface area contributed by atoms with Gasteiger partial charge in [0.25, 0.3) is 0 Å². The maximum Gasteiger partial charge on any atom is 0.240 e. The van der Waals surface area contributed by atoms with Crippen LogP contribution in [0.2, 0.25) is 0 Å². The summed E-state index contributed by atoms with van der Waals surface area (Å²) in [6, 6.07) is 0.415. The highest BCUT2D eigenvalue weighted by atomic mass is 16.5. The van der Waals surface area contributed by atoms with E-state index in [1.807, 2.05) is 6.92 Å². The Balaban J connectivity index is 2.42. The number of aromatic nitrogens is 2. The van der Waals surface area contributed by atoms with Gasteiger partial charge in [-0.05, 0) is 6.92 Å². The predicted molar refractivity (Wildman–Crippen MR) is 56.4 cm³/mol. The van der Waals surface area contributed by atoms with Crippen molar-refractivity contribution in [3.63, 3.8) is 0 Å². The molecular weight excluding hydrogens is 194 g/mol. The molecule has 5 heteroatoms. The monoisotopic (exact) mass is 213 g/mol. The maximum atomic E-state index is 5.12. The van der Waals surface area contributed by atoms with Gasteiger partial charge in [-0.15, -0.1) is 0 Å². The molecule has 0 aliphatic heterocycles. The highest BCUT2D eigenvalue weighted by molar-refractivity contribution is 4.88. The summed E-state index contributed by atoms with van der Waals surface area (Å²) in [4.78, 5) is 4.25. The first-order chi connectivity index (χ1) is 7.11. The molecule has 0 aliphatic rings. The molecule has 0 spiro atoms. The predicted octanol–water partition coefficient (Wildman–Crippen LogP) is 1.14. The highest BCUT2D eigenvalue weighted by Gasteiger charge is 2.09. The van der Waals surface area contributed by atoms with Crippen LogP contribution >= 0.6 is 0 Å². The highest BCUT2D eigenvalue weighted by Crippen LogP contribution is 2.02. The van der Waals surface area contributed by atoms with Crippen LogP contribution in [-0.4, -0.2) is 29.4 Å². The zero-order chi connectivity index (χ0) is 11.3. The molecule has 0 bridgehead atoms. The fourth-order valence-corrected chi connectivity index (χ4v) is 1.08. The number of nitrogens with zero attached hydrogens (tertiary/aromatic N) is 2. The molecule has 15 heavy (non-hydrogen) atoms. The van der Waals surface area contributed by atoms with E-state index < -0.39 is 0 Å². The minimum absolute atomic E-state index is 0.119. The van der Waals surface area contributed by atoms with Gasteiger partial charge in [-0.1, -0.05) is 19.0 Å². The van der Waals surface area contributed by atoms with Gasteiger partial charge >= 0.3 is 0 Å². The molecular formula is C10H19N3O2. The summed E-state index contributed by atoms with van der Waals surface area (Å²) in [5.74, 6) is 1.33. The summed E-state index contributed by atoms with van der Waals surface area (Å²) in [6.07, 6.45) is 0.801. The molecule has 86 valence electrons. The molecule has 0 saturated carbocycles. The van der Waals surface area contributed by atoms with Crippen molar-refractivity contribution in [3.8, 4) is 0 Å². The van der Waals surface area contributed by atoms with Crippen LogP contribution in [0.3, 0.4) is 0 Å². The first-order valence-corrected chi connectivity index (χ1v) is 5.19. The van der Waals surface area contributed by atoms with E-state index >= 15 is 0 Å². The smallest absolute Gasteiger partial charge is 0.240 e. The third-order valence-electron chi connectivity index (χ3n) is 2.04. The van der Waals surface area contributed by atoms with Crippen molar-refractivity contribution in [1.29, 1.82) is 0 Å². The van der Waals surface area contributed by atoms with E-state index in [2.05, 4.69) is 29.3 Å². The summed E-state index contributed by atoms with van der Waals surface area (Å²) >= 11 is 0. The summed E-state index contributed by atoms with van der Waals surface area (Å²) in [5.41, 5.74) is 0. The van der Waals surface area contributed by atoms with Gasteiger partial charge in [0.05, 0.1) is 12.6 Å². The SMILES string of the molecule is COC(C)Cc1noc(CNC(C)C)n1. The lowest BCUT2D eigenvalue weighted by Gasteiger charge is -2.04. The van der Waals surface area contributed by atoms with E-state index in [0.717, 1.165) is 0 Å². The maximum absolute atomic E-state index is 5.12. The molecule has 0 fully saturated rings. The second-order valence-corrected chi connectivity index (χ2v) is 3.89. The number of ether oxygens (including phenoxy) is 1. The van der Waals surface area contributed by atoms with Gasteiger partial charge in [0.2, 0.25) is 5.89 Å². The number of hydrogen-bond donors (Lipinski definition) is 1. The minimum Gasteiger partial charge on any atom is -0.381 e. The van der Waals surface area contributed by atoms with E-state index in [1.165, 1.54) is 0 Å². The lowest BCUT2D eigenvalue weighted by Crippen LogP contribution is -2.22. The molecule has 1 heterocycles. The van der Waals surface area contributed by atoms with Crippen LogP contribution in [0.1, 0.15) is 32.5 Å². The molecule has 0 amide bonds. The molecule has 1 rings (SSSR count). The van der Waals surface area contributed by atoms with E-state index in [9.17, 15) is 0 Å². The first-order valence-electron chi connectivity index (χ1n) is 5.19. The van der Waals surface area contributed by atoms with Crippen LogP contribution in [0.5, 0.6) is 0 Å². The van der Waals surface area contributed by atoms with E-state index in [4.69, 9.17) is 9.26 Å². The second-order valence-electron chi connectivity index (χ2n) is 3.89. The van der Waals surface area contributed by atoms with Crippen LogP contribution in [0.25, 0.3) is 0 Å². The summed E-state index contributed by atoms with van der Waals surface area (Å²) in [5, 5.41) is 7.09. The van der Waals surface area contributed by atoms with Crippen molar-refractivity contribution < 1.29 is 9.26 Å². The topological polar surface area (TPSA) is 60.2 Å². The molecule has 1 atom stereocenters. The minimum atomic E-state index is 0.119. The molecule has 1 aromatic rings. The molecule has 0 aromatic carbocycles. The Morgan fingerprint density at radius 1 is 1.40 bits per heavy atom. The zero-order valence-electron chi connectivity index (χ0n) is 9.78. The Labute approximate surface area is 90.2 Å². The normalized spacial score (nSPS) is 13.4. The summed E-state index contributed by atoms with van der Waals surface area (Å²) in [7, 11) is 1.67. The number of hydrogen-bond acceptors (Lipinski definition) is 5. The first kappa shape index (κ1) is 12.1. The van der Waals surface area contributed by atoms with Crippen molar-refractivity contribution in [1.82, 2.24) is 15.5 Å². The number of nitrogens with one attached hydrogen (secondary N) is 1. The van der Waals surface area contributed by atoms with Crippen molar-refractivity contribution in [3.05, 3.63) is 11.7 Å². The van der Waals surface area contributed by atoms with Gasteiger partial charge in [-0.3, -0.25) is 0 Å². The number of rotatable bonds is 6. The van der Waals surface area contributed by atoms with Gasteiger partial charge in [-0.25, -0.2) is 0 Å². The average Bonchev–Trinajstić information content (AvgIpc) is 2.62. The molecule has 0 saturated heterocycles. The van der Waals surface area contributed by atoms with Crippen molar-refractivity contribution in [2.45, 2.75) is 45.9 Å². The van der Waals surface area contributed by atoms with Gasteiger partial charge in [0.1, 0.15) is 0 Å². The second kappa shape index (κ2) is 5.82. The Morgan fingerprint density at radius 3 is 2.73 bits per heavy atom. The van der Waals surface area contributed by atoms with Crippen molar-refractivity contribution >= 4 is 0 Å². The van der Waals surface area contributed by atoms with Gasteiger partial charge in [0.15, 0.2) is 5.82 Å². The molecule has 5 nitrogen and oxygen atoms in total.